The second kappa shape index (κ2) is 8.60. The Labute approximate surface area is 302 Å². The highest BCUT2D eigenvalue weighted by molar-refractivity contribution is 6.27. The molecule has 0 aliphatic carbocycles. The van der Waals surface area contributed by atoms with Gasteiger partial charge in [0.25, 0.3) is 0 Å². The van der Waals surface area contributed by atoms with Gasteiger partial charge in [0.1, 0.15) is 0 Å². The summed E-state index contributed by atoms with van der Waals surface area (Å²) in [4.78, 5) is 0. The van der Waals surface area contributed by atoms with Gasteiger partial charge in [-0.2, -0.15) is 0 Å². The van der Waals surface area contributed by atoms with Crippen LogP contribution in [0.2, 0.25) is 0 Å². The summed E-state index contributed by atoms with van der Waals surface area (Å²) >= 11 is 0. The predicted molar refractivity (Wildman–Crippen MR) is 221 cm³/mol. The van der Waals surface area contributed by atoms with Crippen molar-refractivity contribution in [2.75, 3.05) is 0 Å². The molecule has 0 aliphatic heterocycles. The molecule has 8 aromatic carbocycles. The number of para-hydroxylation sites is 6. The third-order valence-electron chi connectivity index (χ3n) is 12.4. The monoisotopic (exact) mass is 688 g/mol. The molecule has 6 nitrogen and oxygen atoms in total. The van der Waals surface area contributed by atoms with Crippen LogP contribution in [0.15, 0.2) is 154 Å². The zero-order chi connectivity index (χ0) is 34.6. The third kappa shape index (κ3) is 2.71. The van der Waals surface area contributed by atoms with E-state index in [0.29, 0.717) is 0 Å². The van der Waals surface area contributed by atoms with Crippen molar-refractivity contribution >= 4 is 132 Å². The maximum Gasteiger partial charge on any atom is 0.176 e. The van der Waals surface area contributed by atoms with Gasteiger partial charge in [-0.1, -0.05) is 84.9 Å². The van der Waals surface area contributed by atoms with Crippen molar-refractivity contribution in [3.63, 3.8) is 0 Å². The predicted octanol–water partition coefficient (Wildman–Crippen LogP) is 12.9. The first-order valence-electron chi connectivity index (χ1n) is 18.5. The van der Waals surface area contributed by atoms with Crippen LogP contribution in [0.1, 0.15) is 0 Å². The lowest BCUT2D eigenvalue weighted by Gasteiger charge is -2.13. The molecule has 0 unspecified atom stereocenters. The SMILES string of the molecule is c1ccc2c(c1)c1cccc3oc4c(ccc5c6cccc7c6n(c6cccc8c9ccc%10c(oc%11cccc%12c%13ccccc%13n%10c%11%12)c9n7c86)c54)n2c31. The highest BCUT2D eigenvalue weighted by Crippen LogP contribution is 2.46. The van der Waals surface area contributed by atoms with Gasteiger partial charge in [-0.3, -0.25) is 0 Å². The van der Waals surface area contributed by atoms with Gasteiger partial charge in [0, 0.05) is 43.1 Å². The molecule has 0 radical (unpaired) electrons. The van der Waals surface area contributed by atoms with Crippen LogP contribution in [0.25, 0.3) is 132 Å². The summed E-state index contributed by atoms with van der Waals surface area (Å²) in [5.74, 6) is 0. The average Bonchev–Trinajstić information content (AvgIpc) is 3.96. The Morgan fingerprint density at radius 1 is 0.241 bits per heavy atom. The van der Waals surface area contributed by atoms with Crippen molar-refractivity contribution in [3.05, 3.63) is 146 Å². The van der Waals surface area contributed by atoms with Crippen LogP contribution >= 0.6 is 0 Å². The molecular formula is C48H24N4O2. The first-order valence-corrected chi connectivity index (χ1v) is 18.5. The molecule has 0 bridgehead atoms. The Bertz CT molecular complexity index is 3920. The van der Waals surface area contributed by atoms with E-state index in [1.807, 2.05) is 0 Å². The summed E-state index contributed by atoms with van der Waals surface area (Å²) in [7, 11) is 0. The molecule has 7 heterocycles. The minimum atomic E-state index is 0.874. The Balaban J connectivity index is 1.21. The molecular weight excluding hydrogens is 665 g/mol. The smallest absolute Gasteiger partial charge is 0.176 e. The van der Waals surface area contributed by atoms with E-state index in [4.69, 9.17) is 8.83 Å². The number of rotatable bonds is 0. The van der Waals surface area contributed by atoms with Crippen LogP contribution in [0.4, 0.5) is 0 Å². The number of benzene rings is 8. The number of fused-ring (bicyclic) bond motifs is 20. The van der Waals surface area contributed by atoms with Gasteiger partial charge in [-0.25, -0.2) is 0 Å². The van der Waals surface area contributed by atoms with Gasteiger partial charge in [0.2, 0.25) is 0 Å². The van der Waals surface area contributed by atoms with Crippen LogP contribution in [-0.2, 0) is 0 Å². The van der Waals surface area contributed by atoms with Crippen LogP contribution < -0.4 is 0 Å². The fourth-order valence-electron chi connectivity index (χ4n) is 10.4. The summed E-state index contributed by atoms with van der Waals surface area (Å²) in [6, 6.07) is 52.7. The number of hydrogen-bond acceptors (Lipinski definition) is 2. The Morgan fingerprint density at radius 2 is 0.611 bits per heavy atom. The fourth-order valence-corrected chi connectivity index (χ4v) is 10.4. The Kier molecular flexibility index (Phi) is 4.20. The van der Waals surface area contributed by atoms with Crippen LogP contribution in [-0.4, -0.2) is 17.6 Å². The normalized spacial score (nSPS) is 13.2. The molecule has 0 N–H and O–H groups in total. The average molecular weight is 689 g/mol. The van der Waals surface area contributed by atoms with E-state index < -0.39 is 0 Å². The topological polar surface area (TPSA) is 43.9 Å². The quantitative estimate of drug-likeness (QED) is 0.149. The molecule has 0 saturated carbocycles. The van der Waals surface area contributed by atoms with Gasteiger partial charge in [-0.05, 0) is 60.7 Å². The first-order chi connectivity index (χ1) is 26.8. The highest BCUT2D eigenvalue weighted by Gasteiger charge is 2.26. The van der Waals surface area contributed by atoms with Gasteiger partial charge in [0.15, 0.2) is 22.3 Å². The van der Waals surface area contributed by atoms with E-state index in [9.17, 15) is 0 Å². The molecule has 248 valence electrons. The minimum Gasteiger partial charge on any atom is -0.451 e. The van der Waals surface area contributed by atoms with E-state index in [1.165, 1.54) is 43.4 Å². The lowest BCUT2D eigenvalue weighted by Crippen LogP contribution is -1.98. The van der Waals surface area contributed by atoms with Crippen LogP contribution in [0, 0.1) is 0 Å². The molecule has 0 fully saturated rings. The van der Waals surface area contributed by atoms with Gasteiger partial charge >= 0.3 is 0 Å². The van der Waals surface area contributed by atoms with E-state index in [2.05, 4.69) is 163 Å². The molecule has 7 aromatic heterocycles. The van der Waals surface area contributed by atoms with Crippen LogP contribution in [0.3, 0.4) is 0 Å². The van der Waals surface area contributed by atoms with E-state index in [-0.39, 0.29) is 0 Å². The summed E-state index contributed by atoms with van der Waals surface area (Å²) < 4.78 is 23.8. The number of nitrogens with zero attached hydrogens (tertiary/aromatic N) is 4. The summed E-state index contributed by atoms with van der Waals surface area (Å²) in [5, 5.41) is 9.57. The molecule has 15 aromatic rings. The van der Waals surface area contributed by atoms with Crippen molar-refractivity contribution in [1.29, 1.82) is 0 Å². The molecule has 54 heavy (non-hydrogen) atoms. The largest absolute Gasteiger partial charge is 0.451 e. The maximum absolute atomic E-state index is 7.06. The molecule has 0 amide bonds. The van der Waals surface area contributed by atoms with Crippen molar-refractivity contribution in [2.24, 2.45) is 0 Å². The Hall–Kier alpha value is -7.44. The standard InChI is InChI=1S/C48H24N4O2/c1-3-15-33-25(9-1)27-13-7-19-39-43(27)49(33)37-23-21-31-29-11-5-18-36-41(29)51(45(31)47(37)53-39)35-17-6-12-30-32-22-24-38-48(46(32)52(36)42(30)35)54-40-20-8-14-28-26-10-2-4-16-34(26)50(38)44(28)40/h1-24H. The highest BCUT2D eigenvalue weighted by atomic mass is 16.3. The van der Waals surface area contributed by atoms with Crippen molar-refractivity contribution < 1.29 is 8.83 Å². The molecule has 15 rings (SSSR count). The van der Waals surface area contributed by atoms with Gasteiger partial charge in [-0.15, -0.1) is 0 Å². The van der Waals surface area contributed by atoms with Crippen LogP contribution in [0.5, 0.6) is 0 Å². The lowest BCUT2D eigenvalue weighted by molar-refractivity contribution is 0.658. The Morgan fingerprint density at radius 3 is 1.09 bits per heavy atom. The van der Waals surface area contributed by atoms with E-state index in [0.717, 1.165) is 88.3 Å². The maximum atomic E-state index is 7.06. The fraction of sp³-hybridized carbons (Fsp3) is 0. The zero-order valence-electron chi connectivity index (χ0n) is 28.5. The van der Waals surface area contributed by atoms with Crippen molar-refractivity contribution in [1.82, 2.24) is 17.6 Å². The second-order valence-corrected chi connectivity index (χ2v) is 14.9. The zero-order valence-corrected chi connectivity index (χ0v) is 28.5. The second-order valence-electron chi connectivity index (χ2n) is 14.9. The third-order valence-corrected chi connectivity index (χ3v) is 12.4. The van der Waals surface area contributed by atoms with E-state index >= 15 is 0 Å². The molecule has 6 heteroatoms. The molecule has 0 spiro atoms. The van der Waals surface area contributed by atoms with Gasteiger partial charge < -0.3 is 26.4 Å². The lowest BCUT2D eigenvalue weighted by atomic mass is 10.1. The molecule has 0 saturated heterocycles. The van der Waals surface area contributed by atoms with Gasteiger partial charge in [0.05, 0.1) is 66.2 Å². The number of aromatic nitrogens is 4. The number of hydrogen-bond donors (Lipinski definition) is 0. The summed E-state index contributed by atoms with van der Waals surface area (Å²) in [6.45, 7) is 0. The molecule has 0 aliphatic rings. The van der Waals surface area contributed by atoms with E-state index in [1.54, 1.807) is 0 Å². The summed E-state index contributed by atoms with van der Waals surface area (Å²) in [6.07, 6.45) is 0. The minimum absolute atomic E-state index is 0.874. The van der Waals surface area contributed by atoms with Crippen molar-refractivity contribution in [3.8, 4) is 0 Å². The first kappa shape index (κ1) is 26.4. The van der Waals surface area contributed by atoms with Crippen molar-refractivity contribution in [2.45, 2.75) is 0 Å². The summed E-state index contributed by atoms with van der Waals surface area (Å²) in [5.41, 5.74) is 16.9. The molecule has 0 atom stereocenters.